The van der Waals surface area contributed by atoms with Crippen molar-refractivity contribution in [3.05, 3.63) is 0 Å². The number of halogens is 2. The molecule has 0 aromatic carbocycles. The molecule has 0 aromatic rings. The first kappa shape index (κ1) is 18.3. The van der Waals surface area contributed by atoms with Crippen LogP contribution in [0.15, 0.2) is 0 Å². The molecule has 0 unspecified atom stereocenters. The number of rotatable bonds is 12. The molecule has 0 saturated heterocycles. The molecular weight excluding hydrogens is 362 g/mol. The maximum atomic E-state index is 6.25. The van der Waals surface area contributed by atoms with Gasteiger partial charge in [-0.1, -0.05) is 0 Å². The first-order chi connectivity index (χ1) is 8.12. The molecule has 1 nitrogen and oxygen atoms in total. The van der Waals surface area contributed by atoms with Gasteiger partial charge in [-0.25, -0.2) is 0 Å². The van der Waals surface area contributed by atoms with Gasteiger partial charge in [-0.2, -0.15) is 0 Å². The van der Waals surface area contributed by atoms with Crippen LogP contribution in [0, 0.1) is 0 Å². The van der Waals surface area contributed by atoms with E-state index in [4.69, 9.17) is 20.9 Å². The predicted molar refractivity (Wildman–Crippen MR) is 81.1 cm³/mol. The Morgan fingerprint density at radius 3 is 1.88 bits per heavy atom. The molecule has 0 aliphatic rings. The SMILES string of the molecule is CCCCCCCCC[O][Sn]([Cl])([Cl])[CH2]CCC. The van der Waals surface area contributed by atoms with Crippen LogP contribution < -0.4 is 0 Å². The summed E-state index contributed by atoms with van der Waals surface area (Å²) < 4.78 is 6.64. The summed E-state index contributed by atoms with van der Waals surface area (Å²) >= 11 is -3.08. The fraction of sp³-hybridized carbons (Fsp3) is 1.00. The molecule has 0 heterocycles. The summed E-state index contributed by atoms with van der Waals surface area (Å²) in [7, 11) is 12.5. The predicted octanol–water partition coefficient (Wildman–Crippen LogP) is 5.97. The normalized spacial score (nSPS) is 12.0. The summed E-state index contributed by atoms with van der Waals surface area (Å²) in [6, 6.07) is 0. The van der Waals surface area contributed by atoms with Gasteiger partial charge in [0, 0.05) is 0 Å². The van der Waals surface area contributed by atoms with Crippen LogP contribution in [-0.4, -0.2) is 23.1 Å². The Kier molecular flexibility index (Phi) is 13.4. The van der Waals surface area contributed by atoms with Crippen molar-refractivity contribution in [2.24, 2.45) is 0 Å². The van der Waals surface area contributed by atoms with Gasteiger partial charge >= 0.3 is 120 Å². The van der Waals surface area contributed by atoms with Gasteiger partial charge < -0.3 is 0 Å². The second kappa shape index (κ2) is 12.4. The fourth-order valence-corrected chi connectivity index (χ4v) is 8.42. The minimum atomic E-state index is -3.08. The average Bonchev–Trinajstić information content (AvgIpc) is 2.30. The van der Waals surface area contributed by atoms with Crippen LogP contribution in [0.4, 0.5) is 0 Å². The van der Waals surface area contributed by atoms with Crippen LogP contribution >= 0.6 is 17.8 Å². The van der Waals surface area contributed by atoms with Gasteiger partial charge in [0.25, 0.3) is 0 Å². The summed E-state index contributed by atoms with van der Waals surface area (Å²) in [4.78, 5) is 0. The van der Waals surface area contributed by atoms with Gasteiger partial charge in [-0.15, -0.1) is 0 Å². The summed E-state index contributed by atoms with van der Waals surface area (Å²) in [6.07, 6.45) is 11.4. The van der Waals surface area contributed by atoms with Crippen molar-refractivity contribution in [2.75, 3.05) is 6.61 Å². The first-order valence-corrected chi connectivity index (χ1v) is 17.6. The molecule has 17 heavy (non-hydrogen) atoms. The molecule has 4 heteroatoms. The van der Waals surface area contributed by atoms with Crippen molar-refractivity contribution in [2.45, 2.75) is 76.1 Å². The zero-order chi connectivity index (χ0) is 13.0. The second-order valence-electron chi connectivity index (χ2n) is 4.71. The van der Waals surface area contributed by atoms with E-state index >= 15 is 0 Å². The van der Waals surface area contributed by atoms with Crippen molar-refractivity contribution in [3.8, 4) is 0 Å². The van der Waals surface area contributed by atoms with Crippen LogP contribution in [0.5, 0.6) is 0 Å². The molecule has 0 bridgehead atoms. The van der Waals surface area contributed by atoms with E-state index < -0.39 is 16.5 Å². The zero-order valence-corrected chi connectivity index (χ0v) is 15.8. The Morgan fingerprint density at radius 1 is 0.765 bits per heavy atom. The quantitative estimate of drug-likeness (QED) is 0.295. The molecule has 0 saturated carbocycles. The third-order valence-corrected chi connectivity index (χ3v) is 11.3. The number of unbranched alkanes of at least 4 members (excludes halogenated alkanes) is 7. The van der Waals surface area contributed by atoms with E-state index in [1.54, 1.807) is 0 Å². The van der Waals surface area contributed by atoms with Gasteiger partial charge in [0.1, 0.15) is 0 Å². The molecule has 0 aromatic heterocycles. The van der Waals surface area contributed by atoms with Gasteiger partial charge in [0.05, 0.1) is 0 Å². The fourth-order valence-electron chi connectivity index (χ4n) is 1.74. The number of hydrogen-bond donors (Lipinski definition) is 0. The van der Waals surface area contributed by atoms with Crippen LogP contribution in [-0.2, 0) is 3.07 Å². The zero-order valence-electron chi connectivity index (χ0n) is 11.4. The van der Waals surface area contributed by atoms with Crippen LogP contribution in [0.3, 0.4) is 0 Å². The molecule has 0 fully saturated rings. The van der Waals surface area contributed by atoms with E-state index in [0.717, 1.165) is 30.3 Å². The monoisotopic (exact) mass is 390 g/mol. The van der Waals surface area contributed by atoms with Crippen molar-refractivity contribution >= 4 is 34.4 Å². The molecule has 0 N–H and O–H groups in total. The maximum absolute atomic E-state index is 6.25. The Morgan fingerprint density at radius 2 is 1.29 bits per heavy atom. The molecule has 0 aliphatic heterocycles. The van der Waals surface area contributed by atoms with Gasteiger partial charge in [0.2, 0.25) is 0 Å². The summed E-state index contributed by atoms with van der Waals surface area (Å²) in [6.45, 7) is 5.18. The Bertz CT molecular complexity index is 165. The third kappa shape index (κ3) is 13.6. The molecule has 0 radical (unpaired) electrons. The van der Waals surface area contributed by atoms with Gasteiger partial charge in [0.15, 0.2) is 0 Å². The van der Waals surface area contributed by atoms with E-state index in [-0.39, 0.29) is 0 Å². The minimum absolute atomic E-state index is 0.778. The van der Waals surface area contributed by atoms with Crippen molar-refractivity contribution in [3.63, 3.8) is 0 Å². The van der Waals surface area contributed by atoms with Gasteiger partial charge in [-0.3, -0.25) is 0 Å². The van der Waals surface area contributed by atoms with E-state index in [1.807, 2.05) is 0 Å². The van der Waals surface area contributed by atoms with Crippen LogP contribution in [0.2, 0.25) is 4.44 Å². The van der Waals surface area contributed by atoms with Crippen molar-refractivity contribution < 1.29 is 3.07 Å². The third-order valence-electron chi connectivity index (χ3n) is 2.88. The van der Waals surface area contributed by atoms with Gasteiger partial charge in [-0.05, 0) is 0 Å². The van der Waals surface area contributed by atoms with E-state index in [1.165, 1.54) is 38.5 Å². The Labute approximate surface area is 119 Å². The van der Waals surface area contributed by atoms with Crippen molar-refractivity contribution in [1.82, 2.24) is 0 Å². The molecule has 0 amide bonds. The van der Waals surface area contributed by atoms with E-state index in [9.17, 15) is 0 Å². The average molecular weight is 390 g/mol. The molecule has 0 rings (SSSR count). The Hall–Kier alpha value is 1.34. The topological polar surface area (TPSA) is 9.23 Å². The molecule has 0 atom stereocenters. The second-order valence-corrected chi connectivity index (χ2v) is 20.1. The molecule has 0 spiro atoms. The standard InChI is InChI=1S/C9H19O.C4H9.2ClH.Sn/c1-2-3-4-5-6-7-8-9-10;1-3-4-2;;;/h2-9H2,1H3;1,3-4H2,2H3;2*1H;/q-1;;;;+3/p-2. The number of hydrogen-bond acceptors (Lipinski definition) is 1. The Balaban J connectivity index is 3.26. The van der Waals surface area contributed by atoms with Crippen molar-refractivity contribution in [1.29, 1.82) is 0 Å². The first-order valence-electron chi connectivity index (χ1n) is 7.14. The summed E-state index contributed by atoms with van der Waals surface area (Å²) in [5.74, 6) is 0. The molecular formula is C13H28Cl2OSn. The summed E-state index contributed by atoms with van der Waals surface area (Å²) in [5.41, 5.74) is 0. The molecule has 104 valence electrons. The van der Waals surface area contributed by atoms with E-state index in [0.29, 0.717) is 0 Å². The van der Waals surface area contributed by atoms with E-state index in [2.05, 4.69) is 13.8 Å². The van der Waals surface area contributed by atoms with Crippen LogP contribution in [0.25, 0.3) is 0 Å². The van der Waals surface area contributed by atoms with Crippen LogP contribution in [0.1, 0.15) is 71.6 Å². The summed E-state index contributed by atoms with van der Waals surface area (Å²) in [5, 5.41) is 0. The molecule has 0 aliphatic carbocycles.